The van der Waals surface area contributed by atoms with Gasteiger partial charge in [-0.1, -0.05) is 35.4 Å². The van der Waals surface area contributed by atoms with Crippen molar-refractivity contribution >= 4 is 29.3 Å². The third-order valence-electron chi connectivity index (χ3n) is 1.39. The molecule has 0 saturated heterocycles. The fourth-order valence-electron chi connectivity index (χ4n) is 0.911. The maximum absolute atomic E-state index is 5.79. The van der Waals surface area contributed by atoms with Gasteiger partial charge in [-0.05, 0) is 23.8 Å². The standard InChI is InChI=1S/C9H9Cl2NO/c10-8-4-7(2-1-3-13-12)5-9(11)6-8/h1-2,4-6H,3,12H2/b2-1+. The fourth-order valence-corrected chi connectivity index (χ4v) is 1.45. The first-order valence-corrected chi connectivity index (χ1v) is 4.42. The Labute approximate surface area is 86.9 Å². The van der Waals surface area contributed by atoms with Crippen molar-refractivity contribution in [3.8, 4) is 0 Å². The highest BCUT2D eigenvalue weighted by molar-refractivity contribution is 6.34. The summed E-state index contributed by atoms with van der Waals surface area (Å²) in [6.07, 6.45) is 3.62. The van der Waals surface area contributed by atoms with Crippen LogP contribution in [0, 0.1) is 0 Å². The van der Waals surface area contributed by atoms with Crippen molar-refractivity contribution in [2.45, 2.75) is 0 Å². The van der Waals surface area contributed by atoms with Crippen molar-refractivity contribution in [1.82, 2.24) is 0 Å². The number of hydrogen-bond acceptors (Lipinski definition) is 2. The maximum Gasteiger partial charge on any atom is 0.0864 e. The predicted octanol–water partition coefficient (Wildman–Crippen LogP) is 2.90. The highest BCUT2D eigenvalue weighted by Gasteiger charge is 1.93. The topological polar surface area (TPSA) is 35.2 Å². The number of hydrogen-bond donors (Lipinski definition) is 1. The summed E-state index contributed by atoms with van der Waals surface area (Å²) in [5.74, 6) is 4.85. The SMILES string of the molecule is NOC/C=C/c1cc(Cl)cc(Cl)c1. The van der Waals surface area contributed by atoms with E-state index in [1.54, 1.807) is 24.3 Å². The Bertz CT molecular complexity index is 292. The van der Waals surface area contributed by atoms with E-state index < -0.39 is 0 Å². The zero-order chi connectivity index (χ0) is 9.68. The summed E-state index contributed by atoms with van der Waals surface area (Å²) < 4.78 is 0. The Balaban J connectivity index is 2.77. The quantitative estimate of drug-likeness (QED) is 0.791. The summed E-state index contributed by atoms with van der Waals surface area (Å²) in [5.41, 5.74) is 0.926. The molecule has 0 amide bonds. The molecule has 0 radical (unpaired) electrons. The molecule has 0 spiro atoms. The van der Waals surface area contributed by atoms with Gasteiger partial charge in [0.2, 0.25) is 0 Å². The summed E-state index contributed by atoms with van der Waals surface area (Å²) in [5, 5.41) is 1.22. The monoisotopic (exact) mass is 217 g/mol. The maximum atomic E-state index is 5.79. The predicted molar refractivity (Wildman–Crippen MR) is 55.6 cm³/mol. The molecule has 0 aliphatic carbocycles. The Morgan fingerprint density at radius 3 is 2.38 bits per heavy atom. The summed E-state index contributed by atoms with van der Waals surface area (Å²) in [6.45, 7) is 0.365. The van der Waals surface area contributed by atoms with E-state index in [1.165, 1.54) is 0 Å². The van der Waals surface area contributed by atoms with E-state index in [-0.39, 0.29) is 0 Å². The van der Waals surface area contributed by atoms with Crippen LogP contribution in [0.5, 0.6) is 0 Å². The zero-order valence-electron chi connectivity index (χ0n) is 6.84. The van der Waals surface area contributed by atoms with Crippen molar-refractivity contribution in [2.24, 2.45) is 5.90 Å². The molecule has 13 heavy (non-hydrogen) atoms. The second-order valence-electron chi connectivity index (χ2n) is 2.44. The molecular formula is C9H9Cl2NO. The van der Waals surface area contributed by atoms with Crippen LogP contribution in [0.4, 0.5) is 0 Å². The van der Waals surface area contributed by atoms with E-state index in [0.717, 1.165) is 5.56 Å². The second kappa shape index (κ2) is 5.25. The van der Waals surface area contributed by atoms with Crippen LogP contribution in [0.25, 0.3) is 6.08 Å². The van der Waals surface area contributed by atoms with Crippen LogP contribution in [0.1, 0.15) is 5.56 Å². The van der Waals surface area contributed by atoms with Crippen molar-refractivity contribution in [3.05, 3.63) is 39.9 Å². The van der Waals surface area contributed by atoms with Crippen LogP contribution in [-0.2, 0) is 4.84 Å². The molecule has 1 aromatic carbocycles. The molecule has 4 heteroatoms. The lowest BCUT2D eigenvalue weighted by atomic mass is 10.2. The van der Waals surface area contributed by atoms with Gasteiger partial charge in [0, 0.05) is 10.0 Å². The van der Waals surface area contributed by atoms with Crippen molar-refractivity contribution in [3.63, 3.8) is 0 Å². The molecule has 0 atom stereocenters. The molecule has 0 aromatic heterocycles. The molecule has 0 aliphatic rings. The van der Waals surface area contributed by atoms with E-state index in [1.807, 2.05) is 6.08 Å². The smallest absolute Gasteiger partial charge is 0.0864 e. The average Bonchev–Trinajstić information content (AvgIpc) is 2.03. The normalized spacial score (nSPS) is 11.0. The van der Waals surface area contributed by atoms with Gasteiger partial charge >= 0.3 is 0 Å². The van der Waals surface area contributed by atoms with Gasteiger partial charge in [-0.3, -0.25) is 0 Å². The Kier molecular flexibility index (Phi) is 4.25. The first-order valence-electron chi connectivity index (χ1n) is 3.66. The van der Waals surface area contributed by atoms with Gasteiger partial charge in [-0.15, -0.1) is 0 Å². The molecule has 0 saturated carbocycles. The van der Waals surface area contributed by atoms with E-state index in [0.29, 0.717) is 16.7 Å². The molecule has 70 valence electrons. The Morgan fingerprint density at radius 1 is 1.23 bits per heavy atom. The van der Waals surface area contributed by atoms with Gasteiger partial charge in [0.05, 0.1) is 6.61 Å². The van der Waals surface area contributed by atoms with Gasteiger partial charge < -0.3 is 4.84 Å². The summed E-state index contributed by atoms with van der Waals surface area (Å²) in [4.78, 5) is 4.37. The molecule has 2 N–H and O–H groups in total. The van der Waals surface area contributed by atoms with Crippen LogP contribution in [0.15, 0.2) is 24.3 Å². The molecule has 0 fully saturated rings. The third kappa shape index (κ3) is 3.79. The molecule has 1 rings (SSSR count). The van der Waals surface area contributed by atoms with Gasteiger partial charge in [0.1, 0.15) is 0 Å². The van der Waals surface area contributed by atoms with Crippen LogP contribution in [0.2, 0.25) is 10.0 Å². The van der Waals surface area contributed by atoms with E-state index in [4.69, 9.17) is 29.1 Å². The minimum absolute atomic E-state index is 0.365. The molecule has 1 aromatic rings. The van der Waals surface area contributed by atoms with Gasteiger partial charge in [-0.25, -0.2) is 5.90 Å². The van der Waals surface area contributed by atoms with Crippen molar-refractivity contribution in [2.75, 3.05) is 6.61 Å². The highest BCUT2D eigenvalue weighted by Crippen LogP contribution is 2.19. The fraction of sp³-hybridized carbons (Fsp3) is 0.111. The second-order valence-corrected chi connectivity index (χ2v) is 3.31. The van der Waals surface area contributed by atoms with E-state index >= 15 is 0 Å². The first-order chi connectivity index (χ1) is 6.22. The van der Waals surface area contributed by atoms with Crippen LogP contribution in [-0.4, -0.2) is 6.61 Å². The lowest BCUT2D eigenvalue weighted by Gasteiger charge is -1.96. The minimum atomic E-state index is 0.365. The number of rotatable bonds is 3. The molecule has 2 nitrogen and oxygen atoms in total. The van der Waals surface area contributed by atoms with E-state index in [9.17, 15) is 0 Å². The zero-order valence-corrected chi connectivity index (χ0v) is 8.35. The van der Waals surface area contributed by atoms with E-state index in [2.05, 4.69) is 4.84 Å². The Morgan fingerprint density at radius 2 is 1.85 bits per heavy atom. The van der Waals surface area contributed by atoms with Gasteiger partial charge in [-0.2, -0.15) is 0 Å². The number of benzene rings is 1. The summed E-state index contributed by atoms with van der Waals surface area (Å²) in [6, 6.07) is 5.29. The van der Waals surface area contributed by atoms with Gasteiger partial charge in [0.25, 0.3) is 0 Å². The van der Waals surface area contributed by atoms with Gasteiger partial charge in [0.15, 0.2) is 0 Å². The first kappa shape index (κ1) is 10.5. The molecular weight excluding hydrogens is 209 g/mol. The summed E-state index contributed by atoms with van der Waals surface area (Å²) >= 11 is 11.6. The third-order valence-corrected chi connectivity index (χ3v) is 1.82. The highest BCUT2D eigenvalue weighted by atomic mass is 35.5. The lowest BCUT2D eigenvalue weighted by molar-refractivity contribution is 0.168. The lowest BCUT2D eigenvalue weighted by Crippen LogP contribution is -1.96. The summed E-state index contributed by atoms with van der Waals surface area (Å²) in [7, 11) is 0. The van der Waals surface area contributed by atoms with Crippen molar-refractivity contribution < 1.29 is 4.84 Å². The number of nitrogens with two attached hydrogens (primary N) is 1. The molecule has 0 aliphatic heterocycles. The molecule has 0 bridgehead atoms. The molecule has 0 unspecified atom stereocenters. The van der Waals surface area contributed by atoms with Crippen LogP contribution < -0.4 is 5.90 Å². The Hall–Kier alpha value is -0.540. The number of halogens is 2. The molecule has 0 heterocycles. The average molecular weight is 218 g/mol. The van der Waals surface area contributed by atoms with Crippen LogP contribution >= 0.6 is 23.2 Å². The minimum Gasteiger partial charge on any atom is -0.300 e. The van der Waals surface area contributed by atoms with Crippen LogP contribution in [0.3, 0.4) is 0 Å². The largest absolute Gasteiger partial charge is 0.300 e. The van der Waals surface area contributed by atoms with Crippen molar-refractivity contribution in [1.29, 1.82) is 0 Å².